The summed E-state index contributed by atoms with van der Waals surface area (Å²) in [5.74, 6) is -0.805. The number of hydrogen-bond donors (Lipinski definition) is 2. The van der Waals surface area contributed by atoms with Crippen LogP contribution >= 0.6 is 11.6 Å². The molecule has 0 atom stereocenters. The minimum Gasteiger partial charge on any atom is -0.397 e. The number of halogens is 2. The van der Waals surface area contributed by atoms with Crippen LogP contribution in [0.5, 0.6) is 0 Å². The highest BCUT2D eigenvalue weighted by atomic mass is 35.5. The quantitative estimate of drug-likeness (QED) is 0.888. The zero-order valence-corrected chi connectivity index (χ0v) is 10.8. The van der Waals surface area contributed by atoms with Crippen molar-refractivity contribution in [1.29, 1.82) is 0 Å². The van der Waals surface area contributed by atoms with E-state index in [1.54, 1.807) is 13.0 Å². The van der Waals surface area contributed by atoms with Gasteiger partial charge in [0.25, 0.3) is 5.91 Å². The lowest BCUT2D eigenvalue weighted by Crippen LogP contribution is -2.15. The Morgan fingerprint density at radius 3 is 2.89 bits per heavy atom. The number of aryl methyl sites for hydroxylation is 1. The molecule has 0 aliphatic carbocycles. The molecule has 0 saturated carbocycles. The van der Waals surface area contributed by atoms with E-state index < -0.39 is 11.7 Å². The Balaban J connectivity index is 2.28. The number of rotatable bonds is 2. The van der Waals surface area contributed by atoms with Crippen LogP contribution < -0.4 is 11.1 Å². The molecule has 0 saturated heterocycles. The van der Waals surface area contributed by atoms with Gasteiger partial charge in [-0.2, -0.15) is 0 Å². The maximum atomic E-state index is 13.3. The average molecular weight is 280 g/mol. The molecule has 1 aromatic carbocycles. The molecule has 0 bridgehead atoms. The van der Waals surface area contributed by atoms with Gasteiger partial charge in [0.05, 0.1) is 22.5 Å². The van der Waals surface area contributed by atoms with Gasteiger partial charge in [-0.15, -0.1) is 0 Å². The van der Waals surface area contributed by atoms with E-state index in [0.29, 0.717) is 17.1 Å². The Hall–Kier alpha value is -2.14. The van der Waals surface area contributed by atoms with Gasteiger partial charge in [0.1, 0.15) is 11.6 Å². The van der Waals surface area contributed by atoms with Crippen molar-refractivity contribution in [1.82, 2.24) is 4.98 Å². The Morgan fingerprint density at radius 2 is 2.21 bits per heavy atom. The maximum absolute atomic E-state index is 13.3. The fraction of sp³-hybridized carbons (Fsp3) is 0.0769. The second-order valence-electron chi connectivity index (χ2n) is 3.99. The van der Waals surface area contributed by atoms with Gasteiger partial charge in [-0.3, -0.25) is 4.79 Å². The monoisotopic (exact) mass is 279 g/mol. The molecular formula is C13H11ClFN3O. The SMILES string of the molecule is Cc1cc(N)cnc1NC(=O)c1cccc(F)c1Cl. The largest absolute Gasteiger partial charge is 0.397 e. The summed E-state index contributed by atoms with van der Waals surface area (Å²) in [7, 11) is 0. The van der Waals surface area contributed by atoms with Gasteiger partial charge in [-0.05, 0) is 30.7 Å². The molecule has 0 radical (unpaired) electrons. The van der Waals surface area contributed by atoms with Crippen LogP contribution in [0, 0.1) is 12.7 Å². The van der Waals surface area contributed by atoms with Crippen molar-refractivity contribution in [2.45, 2.75) is 6.92 Å². The van der Waals surface area contributed by atoms with Gasteiger partial charge < -0.3 is 11.1 Å². The van der Waals surface area contributed by atoms with Crippen LogP contribution in [0.4, 0.5) is 15.9 Å². The van der Waals surface area contributed by atoms with E-state index in [4.69, 9.17) is 17.3 Å². The molecule has 1 aromatic heterocycles. The molecule has 0 aliphatic heterocycles. The van der Waals surface area contributed by atoms with Crippen LogP contribution in [0.2, 0.25) is 5.02 Å². The summed E-state index contributed by atoms with van der Waals surface area (Å²) in [6, 6.07) is 5.72. The number of nitrogens with zero attached hydrogens (tertiary/aromatic N) is 1. The van der Waals surface area contributed by atoms with Crippen LogP contribution in [0.3, 0.4) is 0 Å². The van der Waals surface area contributed by atoms with Gasteiger partial charge in [-0.1, -0.05) is 17.7 Å². The summed E-state index contributed by atoms with van der Waals surface area (Å²) in [4.78, 5) is 16.0. The maximum Gasteiger partial charge on any atom is 0.258 e. The molecule has 0 spiro atoms. The Labute approximate surface area is 114 Å². The molecule has 2 rings (SSSR count). The fourth-order valence-electron chi connectivity index (χ4n) is 1.58. The van der Waals surface area contributed by atoms with Gasteiger partial charge in [0.2, 0.25) is 0 Å². The molecule has 19 heavy (non-hydrogen) atoms. The van der Waals surface area contributed by atoms with E-state index in [2.05, 4.69) is 10.3 Å². The zero-order valence-electron chi connectivity index (χ0n) is 10.1. The molecule has 1 heterocycles. The number of carbonyl (C=O) groups excluding carboxylic acids is 1. The predicted octanol–water partition coefficient (Wildman–Crippen LogP) is 3.02. The number of hydrogen-bond acceptors (Lipinski definition) is 3. The van der Waals surface area contributed by atoms with Gasteiger partial charge in [0.15, 0.2) is 0 Å². The van der Waals surface area contributed by atoms with E-state index in [-0.39, 0.29) is 10.6 Å². The first-order chi connectivity index (χ1) is 8.99. The van der Waals surface area contributed by atoms with Gasteiger partial charge in [-0.25, -0.2) is 9.37 Å². The molecule has 3 N–H and O–H groups in total. The van der Waals surface area contributed by atoms with Crippen molar-refractivity contribution in [2.24, 2.45) is 0 Å². The number of benzene rings is 1. The Kier molecular flexibility index (Phi) is 3.66. The summed E-state index contributed by atoms with van der Waals surface area (Å²) in [5, 5.41) is 2.35. The minimum atomic E-state index is -0.642. The third kappa shape index (κ3) is 2.82. The number of nitrogen functional groups attached to an aromatic ring is 1. The summed E-state index contributed by atoms with van der Waals surface area (Å²) in [6.07, 6.45) is 1.43. The first-order valence-electron chi connectivity index (χ1n) is 5.46. The number of amides is 1. The number of aromatic nitrogens is 1. The molecule has 2 aromatic rings. The standard InChI is InChI=1S/C13H11ClFN3O/c1-7-5-8(16)6-17-12(7)18-13(19)9-3-2-4-10(15)11(9)14/h2-6H,16H2,1H3,(H,17,18,19). The van der Waals surface area contributed by atoms with Crippen LogP contribution in [-0.4, -0.2) is 10.9 Å². The topological polar surface area (TPSA) is 68.0 Å². The number of pyridine rings is 1. The second-order valence-corrected chi connectivity index (χ2v) is 4.37. The van der Waals surface area contributed by atoms with Gasteiger partial charge >= 0.3 is 0 Å². The van der Waals surface area contributed by atoms with Crippen LogP contribution in [-0.2, 0) is 0 Å². The molecule has 0 unspecified atom stereocenters. The Morgan fingerprint density at radius 1 is 1.47 bits per heavy atom. The van der Waals surface area contributed by atoms with Crippen molar-refractivity contribution in [3.05, 3.63) is 52.4 Å². The number of nitrogens with two attached hydrogens (primary N) is 1. The van der Waals surface area contributed by atoms with Crippen LogP contribution in [0.1, 0.15) is 15.9 Å². The third-order valence-corrected chi connectivity index (χ3v) is 2.91. The first kappa shape index (κ1) is 13.3. The normalized spacial score (nSPS) is 10.3. The van der Waals surface area contributed by atoms with Crippen molar-refractivity contribution >= 4 is 29.0 Å². The molecule has 0 fully saturated rings. The lowest BCUT2D eigenvalue weighted by molar-refractivity contribution is 0.102. The van der Waals surface area contributed by atoms with E-state index in [1.807, 2.05) is 0 Å². The van der Waals surface area contributed by atoms with Crippen molar-refractivity contribution < 1.29 is 9.18 Å². The summed E-state index contributed by atoms with van der Waals surface area (Å²) in [5.41, 5.74) is 6.83. The van der Waals surface area contributed by atoms with Crippen LogP contribution in [0.15, 0.2) is 30.5 Å². The molecule has 1 amide bonds. The van der Waals surface area contributed by atoms with Crippen LogP contribution in [0.25, 0.3) is 0 Å². The highest BCUT2D eigenvalue weighted by Crippen LogP contribution is 2.21. The molecule has 4 nitrogen and oxygen atoms in total. The van der Waals surface area contributed by atoms with Crippen molar-refractivity contribution in [3.8, 4) is 0 Å². The van der Waals surface area contributed by atoms with E-state index in [9.17, 15) is 9.18 Å². The highest BCUT2D eigenvalue weighted by molar-refractivity contribution is 6.34. The van der Waals surface area contributed by atoms with E-state index >= 15 is 0 Å². The average Bonchev–Trinajstić information content (AvgIpc) is 2.36. The fourth-order valence-corrected chi connectivity index (χ4v) is 1.79. The highest BCUT2D eigenvalue weighted by Gasteiger charge is 2.14. The second kappa shape index (κ2) is 5.24. The molecular weight excluding hydrogens is 269 g/mol. The van der Waals surface area contributed by atoms with E-state index in [1.165, 1.54) is 24.4 Å². The van der Waals surface area contributed by atoms with Crippen molar-refractivity contribution in [3.63, 3.8) is 0 Å². The predicted molar refractivity (Wildman–Crippen MR) is 72.7 cm³/mol. The number of nitrogens with one attached hydrogen (secondary N) is 1. The lowest BCUT2D eigenvalue weighted by atomic mass is 10.2. The molecule has 0 aliphatic rings. The number of anilines is 2. The molecule has 6 heteroatoms. The van der Waals surface area contributed by atoms with Crippen molar-refractivity contribution in [2.75, 3.05) is 11.1 Å². The smallest absolute Gasteiger partial charge is 0.258 e. The Bertz CT molecular complexity index is 646. The third-order valence-electron chi connectivity index (χ3n) is 2.53. The number of carbonyl (C=O) groups is 1. The van der Waals surface area contributed by atoms with Gasteiger partial charge in [0, 0.05) is 0 Å². The summed E-state index contributed by atoms with van der Waals surface area (Å²) >= 11 is 5.74. The minimum absolute atomic E-state index is 0.0553. The summed E-state index contributed by atoms with van der Waals surface area (Å²) in [6.45, 7) is 1.76. The first-order valence-corrected chi connectivity index (χ1v) is 5.84. The zero-order chi connectivity index (χ0) is 14.0. The lowest BCUT2D eigenvalue weighted by Gasteiger charge is -2.09. The van der Waals surface area contributed by atoms with E-state index in [0.717, 1.165) is 0 Å². The molecule has 98 valence electrons. The summed E-state index contributed by atoms with van der Waals surface area (Å²) < 4.78 is 13.3.